The molecule has 0 N–H and O–H groups in total. The first kappa shape index (κ1) is 14.1. The van der Waals surface area contributed by atoms with Crippen LogP contribution in [0.25, 0.3) is 11.0 Å². The van der Waals surface area contributed by atoms with Crippen molar-refractivity contribution in [2.24, 2.45) is 0 Å². The first-order valence-corrected chi connectivity index (χ1v) is 7.10. The molecule has 5 nitrogen and oxygen atoms in total. The van der Waals surface area contributed by atoms with Crippen molar-refractivity contribution in [2.45, 2.75) is 6.42 Å². The molecule has 2 aromatic heterocycles. The standard InChI is InChI=1S/C17H16N4O/c1-21(12-7-13-5-8-18-9-6-13)17(22)14-3-2-4-15-16(14)20-11-10-19-15/h2-6,8-11H,7,12H2,1H3. The molecule has 1 amide bonds. The third-order valence-electron chi connectivity index (χ3n) is 3.56. The van der Waals surface area contributed by atoms with Crippen molar-refractivity contribution in [1.29, 1.82) is 0 Å². The van der Waals surface area contributed by atoms with Gasteiger partial charge in [0, 0.05) is 38.4 Å². The molecule has 3 rings (SSSR count). The van der Waals surface area contributed by atoms with Crippen LogP contribution in [0.4, 0.5) is 0 Å². The highest BCUT2D eigenvalue weighted by Gasteiger charge is 2.15. The van der Waals surface area contributed by atoms with Gasteiger partial charge in [-0.2, -0.15) is 0 Å². The SMILES string of the molecule is CN(CCc1ccncc1)C(=O)c1cccc2nccnc12. The van der Waals surface area contributed by atoms with Gasteiger partial charge >= 0.3 is 0 Å². The average molecular weight is 292 g/mol. The number of amides is 1. The van der Waals surface area contributed by atoms with Gasteiger partial charge in [0.1, 0.15) is 5.52 Å². The van der Waals surface area contributed by atoms with Crippen molar-refractivity contribution in [3.05, 3.63) is 66.2 Å². The minimum absolute atomic E-state index is 0.0415. The van der Waals surface area contributed by atoms with E-state index in [4.69, 9.17) is 0 Å². The Balaban J connectivity index is 1.77. The molecule has 0 bridgehead atoms. The van der Waals surface area contributed by atoms with E-state index in [1.807, 2.05) is 24.3 Å². The molecular formula is C17H16N4O. The lowest BCUT2D eigenvalue weighted by Gasteiger charge is -2.17. The summed E-state index contributed by atoms with van der Waals surface area (Å²) in [4.78, 5) is 26.9. The third kappa shape index (κ3) is 2.93. The molecule has 1 aromatic carbocycles. The zero-order valence-electron chi connectivity index (χ0n) is 12.3. The second-order valence-electron chi connectivity index (χ2n) is 5.06. The van der Waals surface area contributed by atoms with Gasteiger partial charge in [0.15, 0.2) is 0 Å². The molecule has 0 radical (unpaired) electrons. The van der Waals surface area contributed by atoms with Gasteiger partial charge in [0.2, 0.25) is 0 Å². The minimum Gasteiger partial charge on any atom is -0.341 e. The number of nitrogens with zero attached hydrogens (tertiary/aromatic N) is 4. The van der Waals surface area contributed by atoms with Crippen molar-refractivity contribution in [1.82, 2.24) is 19.9 Å². The van der Waals surface area contributed by atoms with Crippen LogP contribution in [-0.2, 0) is 6.42 Å². The normalized spacial score (nSPS) is 10.6. The Hall–Kier alpha value is -2.82. The van der Waals surface area contributed by atoms with Crippen molar-refractivity contribution >= 4 is 16.9 Å². The maximum atomic E-state index is 12.6. The van der Waals surface area contributed by atoms with Crippen LogP contribution >= 0.6 is 0 Å². The van der Waals surface area contributed by atoms with Crippen molar-refractivity contribution in [2.75, 3.05) is 13.6 Å². The van der Waals surface area contributed by atoms with Crippen molar-refractivity contribution in [3.63, 3.8) is 0 Å². The van der Waals surface area contributed by atoms with E-state index in [2.05, 4.69) is 15.0 Å². The zero-order chi connectivity index (χ0) is 15.4. The predicted molar refractivity (Wildman–Crippen MR) is 84.4 cm³/mol. The lowest BCUT2D eigenvalue weighted by Crippen LogP contribution is -2.29. The number of likely N-dealkylation sites (N-methyl/N-ethyl adjacent to an activating group) is 1. The van der Waals surface area contributed by atoms with Crippen LogP contribution < -0.4 is 0 Å². The Bertz CT molecular complexity index is 784. The Morgan fingerprint density at radius 3 is 2.64 bits per heavy atom. The van der Waals surface area contributed by atoms with Gasteiger partial charge in [0.05, 0.1) is 11.1 Å². The Labute approximate surface area is 128 Å². The number of pyridine rings is 1. The number of benzene rings is 1. The number of para-hydroxylation sites is 1. The molecule has 0 fully saturated rings. The van der Waals surface area contributed by atoms with Crippen LogP contribution in [0, 0.1) is 0 Å². The summed E-state index contributed by atoms with van der Waals surface area (Å²) in [6.45, 7) is 0.638. The van der Waals surface area contributed by atoms with E-state index >= 15 is 0 Å². The van der Waals surface area contributed by atoms with E-state index in [-0.39, 0.29) is 5.91 Å². The van der Waals surface area contributed by atoms with Crippen LogP contribution in [0.15, 0.2) is 55.1 Å². The van der Waals surface area contributed by atoms with Gasteiger partial charge in [-0.25, -0.2) is 0 Å². The topological polar surface area (TPSA) is 59.0 Å². The number of hydrogen-bond acceptors (Lipinski definition) is 4. The van der Waals surface area contributed by atoms with Crippen molar-refractivity contribution in [3.8, 4) is 0 Å². The molecule has 0 aliphatic carbocycles. The van der Waals surface area contributed by atoms with Crippen LogP contribution in [0.5, 0.6) is 0 Å². The smallest absolute Gasteiger partial charge is 0.255 e. The fraction of sp³-hybridized carbons (Fsp3) is 0.176. The maximum Gasteiger partial charge on any atom is 0.255 e. The summed E-state index contributed by atoms with van der Waals surface area (Å²) >= 11 is 0. The molecule has 0 aliphatic heterocycles. The van der Waals surface area contributed by atoms with Crippen LogP contribution in [0.3, 0.4) is 0 Å². The second kappa shape index (κ2) is 6.30. The van der Waals surface area contributed by atoms with E-state index in [1.54, 1.807) is 42.8 Å². The first-order chi connectivity index (χ1) is 10.8. The first-order valence-electron chi connectivity index (χ1n) is 7.10. The fourth-order valence-corrected chi connectivity index (χ4v) is 2.32. The molecule has 0 saturated carbocycles. The van der Waals surface area contributed by atoms with E-state index in [9.17, 15) is 4.79 Å². The van der Waals surface area contributed by atoms with Gasteiger partial charge in [-0.15, -0.1) is 0 Å². The highest BCUT2D eigenvalue weighted by Crippen LogP contribution is 2.15. The van der Waals surface area contributed by atoms with Crippen LogP contribution in [0.1, 0.15) is 15.9 Å². The van der Waals surface area contributed by atoms with Crippen LogP contribution in [-0.4, -0.2) is 39.4 Å². The summed E-state index contributed by atoms with van der Waals surface area (Å²) in [5.41, 5.74) is 3.12. The van der Waals surface area contributed by atoms with Gasteiger partial charge in [0.25, 0.3) is 5.91 Å². The summed E-state index contributed by atoms with van der Waals surface area (Å²) in [5, 5.41) is 0. The largest absolute Gasteiger partial charge is 0.341 e. The number of carbonyl (C=O) groups is 1. The summed E-state index contributed by atoms with van der Waals surface area (Å²) in [7, 11) is 1.80. The number of aromatic nitrogens is 3. The van der Waals surface area contributed by atoms with Gasteiger partial charge in [-0.3, -0.25) is 19.7 Å². The monoisotopic (exact) mass is 292 g/mol. The van der Waals surface area contributed by atoms with Crippen LogP contribution in [0.2, 0.25) is 0 Å². The highest BCUT2D eigenvalue weighted by atomic mass is 16.2. The molecular weight excluding hydrogens is 276 g/mol. The lowest BCUT2D eigenvalue weighted by molar-refractivity contribution is 0.0798. The molecule has 0 aliphatic rings. The lowest BCUT2D eigenvalue weighted by atomic mass is 10.1. The molecule has 0 saturated heterocycles. The Kier molecular flexibility index (Phi) is 4.05. The highest BCUT2D eigenvalue weighted by molar-refractivity contribution is 6.04. The number of rotatable bonds is 4. The number of carbonyl (C=O) groups excluding carboxylic acids is 1. The fourth-order valence-electron chi connectivity index (χ4n) is 2.32. The molecule has 5 heteroatoms. The molecule has 3 aromatic rings. The predicted octanol–water partition coefficient (Wildman–Crippen LogP) is 2.34. The average Bonchev–Trinajstić information content (AvgIpc) is 2.59. The summed E-state index contributed by atoms with van der Waals surface area (Å²) in [6, 6.07) is 9.41. The Morgan fingerprint density at radius 2 is 1.82 bits per heavy atom. The molecule has 110 valence electrons. The summed E-state index contributed by atoms with van der Waals surface area (Å²) in [6.07, 6.45) is 7.55. The van der Waals surface area contributed by atoms with E-state index in [0.717, 1.165) is 17.5 Å². The molecule has 0 unspecified atom stereocenters. The molecule has 0 spiro atoms. The van der Waals surface area contributed by atoms with Gasteiger partial charge in [-0.05, 0) is 36.2 Å². The van der Waals surface area contributed by atoms with E-state index in [1.165, 1.54) is 0 Å². The van der Waals surface area contributed by atoms with Gasteiger partial charge < -0.3 is 4.90 Å². The third-order valence-corrected chi connectivity index (χ3v) is 3.56. The summed E-state index contributed by atoms with van der Waals surface area (Å²) < 4.78 is 0. The van der Waals surface area contributed by atoms with Gasteiger partial charge in [-0.1, -0.05) is 6.07 Å². The molecule has 22 heavy (non-hydrogen) atoms. The quantitative estimate of drug-likeness (QED) is 0.740. The minimum atomic E-state index is -0.0415. The Morgan fingerprint density at radius 1 is 1.05 bits per heavy atom. The van der Waals surface area contributed by atoms with E-state index < -0.39 is 0 Å². The van der Waals surface area contributed by atoms with E-state index in [0.29, 0.717) is 17.6 Å². The summed E-state index contributed by atoms with van der Waals surface area (Å²) in [5.74, 6) is -0.0415. The maximum absolute atomic E-state index is 12.6. The van der Waals surface area contributed by atoms with Crippen molar-refractivity contribution < 1.29 is 4.79 Å². The molecule has 2 heterocycles. The number of hydrogen-bond donors (Lipinski definition) is 0. The number of fused-ring (bicyclic) bond motifs is 1. The zero-order valence-corrected chi connectivity index (χ0v) is 12.3. The second-order valence-corrected chi connectivity index (χ2v) is 5.06. The molecule has 0 atom stereocenters.